The number of carbonyl (C=O) groups is 2. The number of benzene rings is 2. The summed E-state index contributed by atoms with van der Waals surface area (Å²) in [5.41, 5.74) is 3.82. The molecule has 2 N–H and O–H groups in total. The Bertz CT molecular complexity index is 828. The van der Waals surface area contributed by atoms with E-state index >= 15 is 0 Å². The van der Waals surface area contributed by atoms with Crippen LogP contribution in [0.25, 0.3) is 0 Å². The zero-order valence-electron chi connectivity index (χ0n) is 11.7. The van der Waals surface area contributed by atoms with Gasteiger partial charge in [-0.15, -0.1) is 0 Å². The maximum atomic E-state index is 13.4. The molecule has 2 rings (SSSR count). The van der Waals surface area contributed by atoms with Crippen molar-refractivity contribution in [2.75, 3.05) is 0 Å². The number of amides is 2. The van der Waals surface area contributed by atoms with Gasteiger partial charge in [0.1, 0.15) is 5.82 Å². The van der Waals surface area contributed by atoms with Crippen molar-refractivity contribution in [1.82, 2.24) is 10.9 Å². The summed E-state index contributed by atoms with van der Waals surface area (Å²) in [4.78, 5) is 33.7. The molecule has 2 aromatic rings. The van der Waals surface area contributed by atoms with Gasteiger partial charge in [-0.2, -0.15) is 0 Å². The van der Waals surface area contributed by atoms with Gasteiger partial charge in [0.25, 0.3) is 17.5 Å². The molecule has 0 bridgehead atoms. The van der Waals surface area contributed by atoms with Gasteiger partial charge in [-0.1, -0.05) is 23.2 Å². The molecule has 0 radical (unpaired) electrons. The van der Waals surface area contributed by atoms with E-state index in [0.717, 1.165) is 24.3 Å². The Morgan fingerprint density at radius 3 is 2.17 bits per heavy atom. The molecule has 0 spiro atoms. The molecule has 2 aromatic carbocycles. The molecule has 7 nitrogen and oxygen atoms in total. The molecule has 0 aromatic heterocycles. The van der Waals surface area contributed by atoms with Gasteiger partial charge in [0.05, 0.1) is 20.5 Å². The lowest BCUT2D eigenvalue weighted by Gasteiger charge is -2.09. The van der Waals surface area contributed by atoms with Crippen LogP contribution in [0.1, 0.15) is 20.7 Å². The number of hydrogen-bond donors (Lipinski definition) is 2. The molecule has 0 fully saturated rings. The molecule has 0 aliphatic carbocycles. The zero-order valence-corrected chi connectivity index (χ0v) is 13.2. The fraction of sp³-hybridized carbons (Fsp3) is 0. The Morgan fingerprint density at radius 1 is 1.00 bits per heavy atom. The second kappa shape index (κ2) is 7.24. The quantitative estimate of drug-likeness (QED) is 0.491. The average Bonchev–Trinajstić information content (AvgIpc) is 2.55. The molecule has 0 unspecified atom stereocenters. The predicted molar refractivity (Wildman–Crippen MR) is 84.4 cm³/mol. The lowest BCUT2D eigenvalue weighted by Crippen LogP contribution is -2.41. The lowest BCUT2D eigenvalue weighted by molar-refractivity contribution is -0.384. The van der Waals surface area contributed by atoms with Crippen molar-refractivity contribution < 1.29 is 18.9 Å². The Morgan fingerprint density at radius 2 is 1.58 bits per heavy atom. The van der Waals surface area contributed by atoms with E-state index in [1.54, 1.807) is 0 Å². The van der Waals surface area contributed by atoms with Crippen molar-refractivity contribution >= 4 is 40.7 Å². The van der Waals surface area contributed by atoms with Crippen LogP contribution in [0, 0.1) is 15.9 Å². The lowest BCUT2D eigenvalue weighted by atomic mass is 10.2. The van der Waals surface area contributed by atoms with Crippen molar-refractivity contribution in [2.24, 2.45) is 0 Å². The van der Waals surface area contributed by atoms with Gasteiger partial charge in [-0.25, -0.2) is 4.39 Å². The molecule has 0 saturated carbocycles. The molecule has 2 amide bonds. The van der Waals surface area contributed by atoms with Gasteiger partial charge in [-0.05, 0) is 24.3 Å². The fourth-order valence-electron chi connectivity index (χ4n) is 1.68. The van der Waals surface area contributed by atoms with E-state index in [1.807, 2.05) is 0 Å². The second-order valence-corrected chi connectivity index (χ2v) is 5.27. The number of nitrogens with one attached hydrogen (secondary N) is 2. The fourth-order valence-corrected chi connectivity index (χ4v) is 2.15. The number of hydrogen-bond acceptors (Lipinski definition) is 4. The standard InChI is InChI=1S/C14H8Cl2FN3O4/c15-10-6-11(16)12(17)5-9(10)14(22)19-18-13(21)7-1-3-8(4-2-7)20(23)24/h1-6H,(H,18,21)(H,19,22). The summed E-state index contributed by atoms with van der Waals surface area (Å²) >= 11 is 11.3. The van der Waals surface area contributed by atoms with E-state index in [0.29, 0.717) is 0 Å². The third kappa shape index (κ3) is 3.98. The third-order valence-electron chi connectivity index (χ3n) is 2.88. The van der Waals surface area contributed by atoms with Crippen LogP contribution in [0.5, 0.6) is 0 Å². The summed E-state index contributed by atoms with van der Waals surface area (Å²) in [6.07, 6.45) is 0. The highest BCUT2D eigenvalue weighted by Crippen LogP contribution is 2.24. The molecule has 24 heavy (non-hydrogen) atoms. The molecule has 124 valence electrons. The summed E-state index contributed by atoms with van der Waals surface area (Å²) in [7, 11) is 0. The number of non-ortho nitro benzene ring substituents is 1. The normalized spacial score (nSPS) is 10.1. The van der Waals surface area contributed by atoms with Crippen LogP contribution < -0.4 is 10.9 Å². The van der Waals surface area contributed by atoms with Crippen LogP contribution in [0.2, 0.25) is 10.0 Å². The molecular weight excluding hydrogens is 364 g/mol. The van der Waals surface area contributed by atoms with Crippen LogP contribution in [0.3, 0.4) is 0 Å². The average molecular weight is 372 g/mol. The topological polar surface area (TPSA) is 101 Å². The Labute approximate surface area is 144 Å². The molecule has 0 heterocycles. The largest absolute Gasteiger partial charge is 0.271 e. The molecule has 0 atom stereocenters. The van der Waals surface area contributed by atoms with Gasteiger partial charge in [0.2, 0.25) is 0 Å². The SMILES string of the molecule is O=C(NNC(=O)c1cc(F)c(Cl)cc1Cl)c1ccc([N+](=O)[O-])cc1. The smallest absolute Gasteiger partial charge is 0.267 e. The minimum atomic E-state index is -0.856. The molecular formula is C14H8Cl2FN3O4. The number of nitrogens with zero attached hydrogens (tertiary/aromatic N) is 1. The Balaban J connectivity index is 2.04. The molecule has 10 heteroatoms. The minimum Gasteiger partial charge on any atom is -0.267 e. The predicted octanol–water partition coefficient (Wildman–Crippen LogP) is 3.12. The van der Waals surface area contributed by atoms with Crippen molar-refractivity contribution in [3.63, 3.8) is 0 Å². The van der Waals surface area contributed by atoms with Crippen molar-refractivity contribution in [1.29, 1.82) is 0 Å². The number of nitro benzene ring substituents is 1. The van der Waals surface area contributed by atoms with Crippen LogP contribution in [-0.4, -0.2) is 16.7 Å². The van der Waals surface area contributed by atoms with E-state index in [1.165, 1.54) is 12.1 Å². The van der Waals surface area contributed by atoms with E-state index in [-0.39, 0.29) is 26.9 Å². The van der Waals surface area contributed by atoms with E-state index in [2.05, 4.69) is 10.9 Å². The van der Waals surface area contributed by atoms with Crippen LogP contribution in [0.15, 0.2) is 36.4 Å². The first-order valence-electron chi connectivity index (χ1n) is 6.29. The number of nitro groups is 1. The van der Waals surface area contributed by atoms with Crippen molar-refractivity contribution in [3.05, 3.63) is 73.5 Å². The monoisotopic (exact) mass is 371 g/mol. The molecule has 0 aliphatic heterocycles. The third-order valence-corrected chi connectivity index (χ3v) is 3.49. The second-order valence-electron chi connectivity index (χ2n) is 4.46. The summed E-state index contributed by atoms with van der Waals surface area (Å²) in [6, 6.07) is 6.61. The zero-order chi connectivity index (χ0) is 17.9. The van der Waals surface area contributed by atoms with E-state index in [9.17, 15) is 24.1 Å². The number of carbonyl (C=O) groups excluding carboxylic acids is 2. The van der Waals surface area contributed by atoms with Gasteiger partial charge >= 0.3 is 0 Å². The van der Waals surface area contributed by atoms with Crippen molar-refractivity contribution in [2.45, 2.75) is 0 Å². The number of rotatable bonds is 3. The van der Waals surface area contributed by atoms with Gasteiger partial charge in [0, 0.05) is 17.7 Å². The summed E-state index contributed by atoms with van der Waals surface area (Å²) in [6.45, 7) is 0. The highest BCUT2D eigenvalue weighted by Gasteiger charge is 2.15. The van der Waals surface area contributed by atoms with Crippen LogP contribution in [0.4, 0.5) is 10.1 Å². The maximum Gasteiger partial charge on any atom is 0.271 e. The first-order chi connectivity index (χ1) is 11.3. The van der Waals surface area contributed by atoms with Crippen LogP contribution in [-0.2, 0) is 0 Å². The van der Waals surface area contributed by atoms with Crippen molar-refractivity contribution in [3.8, 4) is 0 Å². The Kier molecular flexibility index (Phi) is 5.32. The number of halogens is 3. The minimum absolute atomic E-state index is 0.0780. The van der Waals surface area contributed by atoms with Gasteiger partial charge in [-0.3, -0.25) is 30.6 Å². The number of hydrazine groups is 1. The summed E-state index contributed by atoms with van der Waals surface area (Å²) in [5.74, 6) is -2.41. The van der Waals surface area contributed by atoms with Gasteiger partial charge in [0.15, 0.2) is 0 Å². The summed E-state index contributed by atoms with van der Waals surface area (Å²) in [5, 5.41) is 10.2. The van der Waals surface area contributed by atoms with Gasteiger partial charge < -0.3 is 0 Å². The highest BCUT2D eigenvalue weighted by molar-refractivity contribution is 6.36. The molecule has 0 saturated heterocycles. The maximum absolute atomic E-state index is 13.4. The molecule has 0 aliphatic rings. The van der Waals surface area contributed by atoms with E-state index in [4.69, 9.17) is 23.2 Å². The summed E-state index contributed by atoms with van der Waals surface area (Å²) < 4.78 is 13.4. The Hall–Kier alpha value is -2.71. The first-order valence-corrected chi connectivity index (χ1v) is 7.05. The van der Waals surface area contributed by atoms with E-state index < -0.39 is 22.6 Å². The first kappa shape index (κ1) is 17.6. The van der Waals surface area contributed by atoms with Crippen LogP contribution >= 0.6 is 23.2 Å². The highest BCUT2D eigenvalue weighted by atomic mass is 35.5.